The second-order valence-electron chi connectivity index (χ2n) is 9.64. The van der Waals surface area contributed by atoms with Crippen molar-refractivity contribution in [2.45, 2.75) is 65.2 Å². The maximum atomic E-state index is 11.9. The van der Waals surface area contributed by atoms with Gasteiger partial charge < -0.3 is 0 Å². The molecule has 128 valence electrons. The smallest absolute Gasteiger partial charge is 0.155 e. The van der Waals surface area contributed by atoms with Gasteiger partial charge in [0.1, 0.15) is 0 Å². The summed E-state index contributed by atoms with van der Waals surface area (Å²) in [6.45, 7) is 4.60. The van der Waals surface area contributed by atoms with E-state index in [1.165, 1.54) is 32.1 Å². The van der Waals surface area contributed by atoms with Crippen LogP contribution in [0.25, 0.3) is 0 Å². The Morgan fingerprint density at radius 3 is 2.79 bits per heavy atom. The SMILES string of the molecule is CC[C@]12CC[C@H]3[C@@H]([C@H]4C[C@H]4C4=CC(=O)CC[C@@H]43)[C@@H]1CC[C@]2(C)C#N. The first kappa shape index (κ1) is 15.2. The fourth-order valence-electron chi connectivity index (χ4n) is 8.09. The van der Waals surface area contributed by atoms with E-state index in [1.54, 1.807) is 5.57 Å². The average molecular weight is 323 g/mol. The van der Waals surface area contributed by atoms with Crippen molar-refractivity contribution in [3.8, 4) is 6.07 Å². The summed E-state index contributed by atoms with van der Waals surface area (Å²) in [5, 5.41) is 9.95. The molecule has 0 amide bonds. The summed E-state index contributed by atoms with van der Waals surface area (Å²) in [6, 6.07) is 2.76. The largest absolute Gasteiger partial charge is 0.295 e. The van der Waals surface area contributed by atoms with Crippen LogP contribution >= 0.6 is 0 Å². The molecule has 24 heavy (non-hydrogen) atoms. The maximum Gasteiger partial charge on any atom is 0.155 e. The van der Waals surface area contributed by atoms with Crippen molar-refractivity contribution in [1.29, 1.82) is 5.26 Å². The van der Waals surface area contributed by atoms with E-state index in [9.17, 15) is 10.1 Å². The Labute approximate surface area is 145 Å². The fraction of sp³-hybridized carbons (Fsp3) is 0.818. The molecule has 0 N–H and O–H groups in total. The third-order valence-corrected chi connectivity index (χ3v) is 9.26. The van der Waals surface area contributed by atoms with E-state index in [1.807, 2.05) is 6.08 Å². The van der Waals surface area contributed by atoms with Crippen LogP contribution in [0.1, 0.15) is 65.2 Å². The standard InChI is InChI=1S/C22H29NO/c1-3-22-9-6-15-14-5-4-13(24)10-16(14)17-11-18(17)20(15)19(22)7-8-21(22,2)12-23/h10,14-15,17-20H,3-9,11H2,1-2H3/t14-,15-,17+,18+,19+,20+,21-,22+/m1/s1. The van der Waals surface area contributed by atoms with Gasteiger partial charge in [-0.2, -0.15) is 5.26 Å². The molecule has 2 nitrogen and oxygen atoms in total. The van der Waals surface area contributed by atoms with Crippen molar-refractivity contribution in [2.75, 3.05) is 0 Å². The quantitative estimate of drug-likeness (QED) is 0.688. The second kappa shape index (κ2) is 4.75. The van der Waals surface area contributed by atoms with Gasteiger partial charge in [0.2, 0.25) is 0 Å². The lowest BCUT2D eigenvalue weighted by molar-refractivity contribution is -0.116. The van der Waals surface area contributed by atoms with Crippen LogP contribution in [0, 0.1) is 57.7 Å². The Bertz CT molecular complexity index is 672. The molecule has 0 saturated heterocycles. The molecule has 8 atom stereocenters. The summed E-state index contributed by atoms with van der Waals surface area (Å²) in [4.78, 5) is 11.9. The topological polar surface area (TPSA) is 40.9 Å². The summed E-state index contributed by atoms with van der Waals surface area (Å²) in [7, 11) is 0. The van der Waals surface area contributed by atoms with Crippen molar-refractivity contribution in [3.63, 3.8) is 0 Å². The molecule has 0 radical (unpaired) electrons. The summed E-state index contributed by atoms with van der Waals surface area (Å²) in [6.07, 6.45) is 11.3. The van der Waals surface area contributed by atoms with Crippen LogP contribution in [0.4, 0.5) is 0 Å². The van der Waals surface area contributed by atoms with Crippen molar-refractivity contribution < 1.29 is 4.79 Å². The Morgan fingerprint density at radius 2 is 2.04 bits per heavy atom. The highest BCUT2D eigenvalue weighted by Gasteiger charge is 2.67. The molecule has 4 fully saturated rings. The van der Waals surface area contributed by atoms with Crippen molar-refractivity contribution in [3.05, 3.63) is 11.6 Å². The van der Waals surface area contributed by atoms with Gasteiger partial charge in [-0.05, 0) is 98.9 Å². The van der Waals surface area contributed by atoms with E-state index < -0.39 is 0 Å². The molecule has 5 aliphatic rings. The number of fused-ring (bicyclic) bond motifs is 8. The van der Waals surface area contributed by atoms with E-state index in [0.29, 0.717) is 11.7 Å². The van der Waals surface area contributed by atoms with Gasteiger partial charge in [-0.25, -0.2) is 0 Å². The minimum atomic E-state index is -0.111. The second-order valence-corrected chi connectivity index (χ2v) is 9.64. The van der Waals surface area contributed by atoms with Gasteiger partial charge in [0, 0.05) is 6.42 Å². The Balaban J connectivity index is 1.55. The number of hydrogen-bond acceptors (Lipinski definition) is 2. The highest BCUT2D eigenvalue weighted by Crippen LogP contribution is 2.74. The van der Waals surface area contributed by atoms with Crippen molar-refractivity contribution in [2.24, 2.45) is 46.3 Å². The van der Waals surface area contributed by atoms with E-state index >= 15 is 0 Å². The molecular formula is C22H29NO. The number of nitrogens with zero attached hydrogens (tertiary/aromatic N) is 1. The summed E-state index contributed by atoms with van der Waals surface area (Å²) in [5.41, 5.74) is 1.70. The Hall–Kier alpha value is -1.10. The number of nitriles is 1. The first-order valence-corrected chi connectivity index (χ1v) is 10.2. The van der Waals surface area contributed by atoms with Gasteiger partial charge in [-0.15, -0.1) is 0 Å². The monoisotopic (exact) mass is 323 g/mol. The van der Waals surface area contributed by atoms with Crippen LogP contribution in [0.3, 0.4) is 0 Å². The lowest BCUT2D eigenvalue weighted by Gasteiger charge is -2.56. The molecule has 5 aliphatic carbocycles. The van der Waals surface area contributed by atoms with Crippen LogP contribution in [-0.2, 0) is 4.79 Å². The third kappa shape index (κ3) is 1.65. The maximum absolute atomic E-state index is 11.9. The van der Waals surface area contributed by atoms with Gasteiger partial charge in [-0.1, -0.05) is 12.5 Å². The summed E-state index contributed by atoms with van der Waals surface area (Å²) in [5.74, 6) is 5.04. The summed E-state index contributed by atoms with van der Waals surface area (Å²) < 4.78 is 0. The van der Waals surface area contributed by atoms with Crippen molar-refractivity contribution in [1.82, 2.24) is 0 Å². The van der Waals surface area contributed by atoms with Crippen LogP contribution in [0.5, 0.6) is 0 Å². The number of rotatable bonds is 1. The molecule has 4 saturated carbocycles. The highest BCUT2D eigenvalue weighted by atomic mass is 16.1. The Morgan fingerprint density at radius 1 is 1.21 bits per heavy atom. The normalized spacial score (nSPS) is 54.7. The highest BCUT2D eigenvalue weighted by molar-refractivity contribution is 5.91. The number of allylic oxidation sites excluding steroid dienone is 1. The zero-order chi connectivity index (χ0) is 16.7. The third-order valence-electron chi connectivity index (χ3n) is 9.26. The number of hydrogen-bond donors (Lipinski definition) is 0. The summed E-state index contributed by atoms with van der Waals surface area (Å²) >= 11 is 0. The Kier molecular flexibility index (Phi) is 3.00. The predicted octanol–water partition coefficient (Wildman–Crippen LogP) is 4.90. The molecular weight excluding hydrogens is 294 g/mol. The van der Waals surface area contributed by atoms with Gasteiger partial charge in [0.05, 0.1) is 11.5 Å². The van der Waals surface area contributed by atoms with E-state index in [4.69, 9.17) is 0 Å². The molecule has 0 unspecified atom stereocenters. The van der Waals surface area contributed by atoms with E-state index in [2.05, 4.69) is 19.9 Å². The zero-order valence-electron chi connectivity index (χ0n) is 15.1. The molecule has 0 aromatic heterocycles. The average Bonchev–Trinajstić information content (AvgIpc) is 3.34. The van der Waals surface area contributed by atoms with Crippen LogP contribution in [0.15, 0.2) is 11.6 Å². The molecule has 2 heteroatoms. The van der Waals surface area contributed by atoms with Gasteiger partial charge in [0.25, 0.3) is 0 Å². The zero-order valence-corrected chi connectivity index (χ0v) is 15.1. The van der Waals surface area contributed by atoms with E-state index in [0.717, 1.165) is 48.9 Å². The number of ketones is 1. The molecule has 0 spiro atoms. The fourth-order valence-corrected chi connectivity index (χ4v) is 8.09. The number of carbonyl (C=O) groups excluding carboxylic acids is 1. The molecule has 0 heterocycles. The van der Waals surface area contributed by atoms with Crippen LogP contribution in [0.2, 0.25) is 0 Å². The van der Waals surface area contributed by atoms with Crippen molar-refractivity contribution >= 4 is 5.78 Å². The molecule has 0 bridgehead atoms. The lowest BCUT2D eigenvalue weighted by Crippen LogP contribution is -2.50. The van der Waals surface area contributed by atoms with Crippen LogP contribution in [-0.4, -0.2) is 5.78 Å². The predicted molar refractivity (Wildman–Crippen MR) is 92.8 cm³/mol. The molecule has 0 aromatic rings. The minimum absolute atomic E-state index is 0.111. The first-order valence-electron chi connectivity index (χ1n) is 10.2. The van der Waals surface area contributed by atoms with Gasteiger partial charge in [0.15, 0.2) is 5.78 Å². The van der Waals surface area contributed by atoms with Gasteiger partial charge >= 0.3 is 0 Å². The van der Waals surface area contributed by atoms with E-state index in [-0.39, 0.29) is 10.8 Å². The lowest BCUT2D eigenvalue weighted by atomic mass is 9.47. The molecule has 0 aliphatic heterocycles. The first-order chi connectivity index (χ1) is 11.5. The van der Waals surface area contributed by atoms with Gasteiger partial charge in [-0.3, -0.25) is 4.79 Å². The van der Waals surface area contributed by atoms with Crippen LogP contribution < -0.4 is 0 Å². The molecule has 0 aromatic carbocycles. The minimum Gasteiger partial charge on any atom is -0.295 e. The molecule has 5 rings (SSSR count). The number of carbonyl (C=O) groups is 1.